The molecule has 0 saturated carbocycles. The van der Waals surface area contributed by atoms with Crippen LogP contribution in [-0.4, -0.2) is 16.4 Å². The Labute approximate surface area is 144 Å². The van der Waals surface area contributed by atoms with Crippen LogP contribution >= 0.6 is 0 Å². The summed E-state index contributed by atoms with van der Waals surface area (Å²) in [6, 6.07) is 23.1. The van der Waals surface area contributed by atoms with Gasteiger partial charge in [-0.15, -0.1) is 0 Å². The first kappa shape index (κ1) is 17.7. The number of hydrogen-bond acceptors (Lipinski definition) is 6. The van der Waals surface area contributed by atoms with Gasteiger partial charge >= 0.3 is 6.16 Å². The molecule has 0 unspecified atom stereocenters. The van der Waals surface area contributed by atoms with Gasteiger partial charge in [0.05, 0.1) is 0 Å². The molecule has 0 aromatic heterocycles. The first-order chi connectivity index (χ1) is 12.1. The molecule has 3 aromatic carbocycles. The monoisotopic (exact) mass is 340 g/mol. The molecule has 0 aliphatic carbocycles. The van der Waals surface area contributed by atoms with Crippen molar-refractivity contribution >= 4 is 6.16 Å². The Morgan fingerprint density at radius 1 is 0.680 bits per heavy atom. The second kappa shape index (κ2) is 9.46. The fourth-order valence-electron chi connectivity index (χ4n) is 1.65. The number of rotatable bonds is 3. The van der Waals surface area contributed by atoms with E-state index in [0.717, 1.165) is 0 Å². The number of hydrogen-bond donors (Lipinski definition) is 2. The summed E-state index contributed by atoms with van der Waals surface area (Å²) >= 11 is 0. The molecule has 0 bridgehead atoms. The number of aromatic hydroxyl groups is 2. The van der Waals surface area contributed by atoms with Crippen molar-refractivity contribution in [2.24, 2.45) is 0 Å². The number of ether oxygens (including phenoxy) is 1. The Morgan fingerprint density at radius 2 is 1.20 bits per heavy atom. The lowest BCUT2D eigenvalue weighted by Gasteiger charge is -2.04. The molecule has 0 spiro atoms. The lowest BCUT2D eigenvalue weighted by molar-refractivity contribution is -0.157. The molecule has 0 radical (unpaired) electrons. The maximum Gasteiger partial charge on any atom is 0.555 e. The molecule has 0 atom stereocenters. The minimum atomic E-state index is -0.917. The number of phenolic OH excluding ortho intramolecular Hbond substituents is 2. The summed E-state index contributed by atoms with van der Waals surface area (Å²) in [4.78, 5) is 20.5. The quantitative estimate of drug-likeness (QED) is 0.320. The van der Waals surface area contributed by atoms with Crippen molar-refractivity contribution in [2.45, 2.75) is 0 Å². The number of benzene rings is 3. The largest absolute Gasteiger partial charge is 0.555 e. The van der Waals surface area contributed by atoms with Crippen molar-refractivity contribution in [2.75, 3.05) is 0 Å². The van der Waals surface area contributed by atoms with Crippen LogP contribution in [0.4, 0.5) is 4.79 Å². The van der Waals surface area contributed by atoms with Gasteiger partial charge in [0.2, 0.25) is 0 Å². The summed E-state index contributed by atoms with van der Waals surface area (Å²) in [6.45, 7) is 0. The lowest BCUT2D eigenvalue weighted by Crippen LogP contribution is -2.12. The summed E-state index contributed by atoms with van der Waals surface area (Å²) < 4.78 is 4.85. The van der Waals surface area contributed by atoms with Crippen LogP contribution in [0.3, 0.4) is 0 Å². The highest BCUT2D eigenvalue weighted by Crippen LogP contribution is 2.15. The predicted octanol–water partition coefficient (Wildman–Crippen LogP) is 4.29. The van der Waals surface area contributed by atoms with Gasteiger partial charge in [-0.1, -0.05) is 42.5 Å². The van der Waals surface area contributed by atoms with Crippen LogP contribution < -0.4 is 9.62 Å². The van der Waals surface area contributed by atoms with Gasteiger partial charge in [-0.25, -0.2) is 4.89 Å². The van der Waals surface area contributed by atoms with Gasteiger partial charge in [0, 0.05) is 6.07 Å². The summed E-state index contributed by atoms with van der Waals surface area (Å²) in [7, 11) is 0. The van der Waals surface area contributed by atoms with Crippen LogP contribution in [0.2, 0.25) is 0 Å². The van der Waals surface area contributed by atoms with Crippen molar-refractivity contribution in [3.8, 4) is 23.0 Å². The van der Waals surface area contributed by atoms with E-state index in [1.807, 2.05) is 12.1 Å². The normalized spacial score (nSPS) is 9.28. The molecular formula is C19H16O6. The summed E-state index contributed by atoms with van der Waals surface area (Å²) in [5.41, 5.74) is 0. The first-order valence-corrected chi connectivity index (χ1v) is 7.28. The van der Waals surface area contributed by atoms with Crippen LogP contribution in [-0.2, 0) is 4.89 Å². The molecule has 6 heteroatoms. The molecule has 2 N–H and O–H groups in total. The van der Waals surface area contributed by atoms with Crippen LogP contribution in [0.1, 0.15) is 0 Å². The maximum atomic E-state index is 11.2. The Morgan fingerprint density at radius 3 is 1.68 bits per heavy atom. The van der Waals surface area contributed by atoms with E-state index in [9.17, 15) is 4.79 Å². The van der Waals surface area contributed by atoms with E-state index in [1.54, 1.807) is 54.6 Å². The third-order valence-electron chi connectivity index (χ3n) is 2.72. The highest BCUT2D eigenvalue weighted by Gasteiger charge is 2.07. The van der Waals surface area contributed by atoms with Crippen molar-refractivity contribution in [3.63, 3.8) is 0 Å². The van der Waals surface area contributed by atoms with E-state index < -0.39 is 6.16 Å². The summed E-state index contributed by atoms with van der Waals surface area (Å²) in [5, 5.41) is 17.3. The van der Waals surface area contributed by atoms with E-state index in [4.69, 9.17) is 19.8 Å². The van der Waals surface area contributed by atoms with Crippen LogP contribution in [0.15, 0.2) is 84.9 Å². The number of phenols is 2. The summed E-state index contributed by atoms with van der Waals surface area (Å²) in [6.07, 6.45) is -0.917. The third-order valence-corrected chi connectivity index (χ3v) is 2.72. The summed E-state index contributed by atoms with van der Waals surface area (Å²) in [5.74, 6) is 1.00. The Bertz CT molecular complexity index is 757. The fourth-order valence-corrected chi connectivity index (χ4v) is 1.65. The van der Waals surface area contributed by atoms with Gasteiger partial charge < -0.3 is 14.9 Å². The van der Waals surface area contributed by atoms with Crippen LogP contribution in [0, 0.1) is 0 Å². The van der Waals surface area contributed by atoms with Crippen molar-refractivity contribution in [1.29, 1.82) is 0 Å². The molecule has 0 aliphatic heterocycles. The molecule has 128 valence electrons. The van der Waals surface area contributed by atoms with Crippen molar-refractivity contribution < 1.29 is 29.5 Å². The number of carbonyl (C=O) groups excluding carboxylic acids is 1. The van der Waals surface area contributed by atoms with Crippen LogP contribution in [0.5, 0.6) is 23.0 Å². The van der Waals surface area contributed by atoms with Gasteiger partial charge in [0.1, 0.15) is 17.2 Å². The zero-order chi connectivity index (χ0) is 17.9. The standard InChI is InChI=1S/C13H10O4.C6H6O2/c14-13(15-11-7-3-1-4-8-11)17-16-12-9-5-2-6-10-12;7-5-2-1-3-6(8)4-5/h1-10H;1-4,7-8H. The minimum absolute atomic E-state index is 0.0880. The molecule has 0 fully saturated rings. The predicted molar refractivity (Wildman–Crippen MR) is 90.4 cm³/mol. The average Bonchev–Trinajstić information content (AvgIpc) is 2.62. The highest BCUT2D eigenvalue weighted by molar-refractivity contribution is 5.63. The fraction of sp³-hybridized carbons (Fsp3) is 0. The molecule has 0 amide bonds. The third kappa shape index (κ3) is 6.96. The first-order valence-electron chi connectivity index (χ1n) is 7.28. The number of para-hydroxylation sites is 2. The van der Waals surface area contributed by atoms with Crippen molar-refractivity contribution in [3.05, 3.63) is 84.9 Å². The Hall–Kier alpha value is -3.67. The van der Waals surface area contributed by atoms with Gasteiger partial charge in [0.15, 0.2) is 5.75 Å². The second-order valence-electron chi connectivity index (χ2n) is 4.66. The Balaban J connectivity index is 0.000000236. The SMILES string of the molecule is O=C(OOc1ccccc1)Oc1ccccc1.Oc1cccc(O)c1. The van der Waals surface area contributed by atoms with E-state index in [2.05, 4.69) is 4.89 Å². The Kier molecular flexibility index (Phi) is 6.69. The molecule has 0 saturated heterocycles. The molecule has 25 heavy (non-hydrogen) atoms. The topological polar surface area (TPSA) is 85.2 Å². The number of carbonyl (C=O) groups is 1. The van der Waals surface area contributed by atoms with Gasteiger partial charge in [-0.05, 0) is 36.4 Å². The molecule has 3 aromatic rings. The highest BCUT2D eigenvalue weighted by atomic mass is 17.2. The molecule has 0 aliphatic rings. The van der Waals surface area contributed by atoms with Gasteiger partial charge in [-0.2, -0.15) is 4.79 Å². The molecular weight excluding hydrogens is 324 g/mol. The van der Waals surface area contributed by atoms with Crippen LogP contribution in [0.25, 0.3) is 0 Å². The van der Waals surface area contributed by atoms with E-state index in [1.165, 1.54) is 18.2 Å². The van der Waals surface area contributed by atoms with Gasteiger partial charge in [-0.3, -0.25) is 4.89 Å². The molecule has 3 rings (SSSR count). The molecule has 6 nitrogen and oxygen atoms in total. The molecule has 0 heterocycles. The lowest BCUT2D eigenvalue weighted by atomic mass is 10.3. The van der Waals surface area contributed by atoms with Crippen molar-refractivity contribution in [1.82, 2.24) is 0 Å². The maximum absolute atomic E-state index is 11.2. The smallest absolute Gasteiger partial charge is 0.508 e. The van der Waals surface area contributed by atoms with E-state index >= 15 is 0 Å². The zero-order valence-corrected chi connectivity index (χ0v) is 13.1. The average molecular weight is 340 g/mol. The zero-order valence-electron chi connectivity index (χ0n) is 13.1. The van der Waals surface area contributed by atoms with E-state index in [-0.39, 0.29) is 11.5 Å². The van der Waals surface area contributed by atoms with E-state index in [0.29, 0.717) is 11.5 Å². The minimum Gasteiger partial charge on any atom is -0.508 e. The second-order valence-corrected chi connectivity index (χ2v) is 4.66. The van der Waals surface area contributed by atoms with Gasteiger partial charge in [0.25, 0.3) is 0 Å².